The number of sulfonamides is 1. The maximum Gasteiger partial charge on any atom is 0.289 e. The van der Waals surface area contributed by atoms with Crippen LogP contribution in [0, 0.1) is 6.92 Å². The number of carbonyl (C=O) groups excluding carboxylic acids is 2. The predicted molar refractivity (Wildman–Crippen MR) is 121 cm³/mol. The van der Waals surface area contributed by atoms with Crippen LogP contribution >= 0.6 is 11.3 Å². The molecule has 0 spiro atoms. The lowest BCUT2D eigenvalue weighted by Crippen LogP contribution is -2.46. The summed E-state index contributed by atoms with van der Waals surface area (Å²) in [6.45, 7) is 2.88. The lowest BCUT2D eigenvalue weighted by Gasteiger charge is -2.31. The number of hydrogen-bond acceptors (Lipinski definition) is 6. The summed E-state index contributed by atoms with van der Waals surface area (Å²) >= 11 is 1.08. The van der Waals surface area contributed by atoms with Crippen LogP contribution < -0.4 is 10.0 Å². The number of likely N-dealkylation sites (tertiary alicyclic amines) is 1. The van der Waals surface area contributed by atoms with Crippen molar-refractivity contribution in [2.75, 3.05) is 17.8 Å². The van der Waals surface area contributed by atoms with E-state index in [9.17, 15) is 18.0 Å². The van der Waals surface area contributed by atoms with E-state index in [4.69, 9.17) is 4.42 Å². The first-order valence-electron chi connectivity index (χ1n) is 10.1. The smallest absolute Gasteiger partial charge is 0.289 e. The summed E-state index contributed by atoms with van der Waals surface area (Å²) in [4.78, 5) is 27.0. The van der Waals surface area contributed by atoms with Crippen LogP contribution in [0.5, 0.6) is 0 Å². The van der Waals surface area contributed by atoms with Crippen LogP contribution in [0.1, 0.15) is 38.6 Å². The highest BCUT2D eigenvalue weighted by Gasteiger charge is 2.29. The van der Waals surface area contributed by atoms with Gasteiger partial charge in [-0.2, -0.15) is 0 Å². The van der Waals surface area contributed by atoms with Gasteiger partial charge in [0, 0.05) is 24.8 Å². The molecule has 10 heteroatoms. The van der Waals surface area contributed by atoms with Gasteiger partial charge in [-0.15, -0.1) is 11.3 Å². The standard InChI is InChI=1S/C22H23N3O5S2/c1-15-4-6-17(7-5-15)24-32(28,29)19-10-14-31-20(19)21(26)23-16-8-11-25(12-9-16)22(27)18-3-2-13-30-18/h2-7,10,13-14,16,24H,8-9,11-12H2,1H3,(H,23,26). The highest BCUT2D eigenvalue weighted by Crippen LogP contribution is 2.25. The number of nitrogens with zero attached hydrogens (tertiary/aromatic N) is 1. The van der Waals surface area contributed by atoms with Gasteiger partial charge in [-0.25, -0.2) is 8.42 Å². The number of anilines is 1. The van der Waals surface area contributed by atoms with E-state index in [1.807, 2.05) is 19.1 Å². The van der Waals surface area contributed by atoms with Crippen molar-refractivity contribution >= 4 is 38.9 Å². The molecule has 3 heterocycles. The topological polar surface area (TPSA) is 109 Å². The van der Waals surface area contributed by atoms with Crippen molar-refractivity contribution in [1.29, 1.82) is 0 Å². The summed E-state index contributed by atoms with van der Waals surface area (Å²) in [6, 6.07) is 11.5. The molecule has 0 radical (unpaired) electrons. The molecule has 0 aliphatic carbocycles. The second kappa shape index (κ2) is 9.17. The highest BCUT2D eigenvalue weighted by molar-refractivity contribution is 7.93. The van der Waals surface area contributed by atoms with Crippen molar-refractivity contribution in [3.8, 4) is 0 Å². The van der Waals surface area contributed by atoms with Crippen molar-refractivity contribution in [2.45, 2.75) is 30.7 Å². The molecule has 0 atom stereocenters. The van der Waals surface area contributed by atoms with Gasteiger partial charge in [-0.1, -0.05) is 17.7 Å². The molecule has 1 saturated heterocycles. The Morgan fingerprint density at radius 2 is 1.81 bits per heavy atom. The van der Waals surface area contributed by atoms with Crippen LogP contribution in [0.15, 0.2) is 63.4 Å². The van der Waals surface area contributed by atoms with Crippen molar-refractivity contribution in [1.82, 2.24) is 10.2 Å². The summed E-state index contributed by atoms with van der Waals surface area (Å²) in [5.41, 5.74) is 1.45. The fraction of sp³-hybridized carbons (Fsp3) is 0.273. The number of furan rings is 1. The number of nitrogens with one attached hydrogen (secondary N) is 2. The Kier molecular flexibility index (Phi) is 6.33. The SMILES string of the molecule is Cc1ccc(NS(=O)(=O)c2ccsc2C(=O)NC2CCN(C(=O)c3ccco3)CC2)cc1. The summed E-state index contributed by atoms with van der Waals surface area (Å²) in [5, 5.41) is 4.50. The lowest BCUT2D eigenvalue weighted by atomic mass is 10.0. The molecular formula is C22H23N3O5S2. The third-order valence-electron chi connectivity index (χ3n) is 5.28. The first-order chi connectivity index (χ1) is 15.3. The van der Waals surface area contributed by atoms with Crippen LogP contribution in [0.4, 0.5) is 5.69 Å². The number of aryl methyl sites for hydroxylation is 1. The van der Waals surface area contributed by atoms with E-state index in [1.165, 1.54) is 12.3 Å². The van der Waals surface area contributed by atoms with E-state index in [-0.39, 0.29) is 21.7 Å². The molecule has 168 valence electrons. The van der Waals surface area contributed by atoms with E-state index in [0.29, 0.717) is 37.4 Å². The molecule has 0 saturated carbocycles. The average Bonchev–Trinajstić information content (AvgIpc) is 3.48. The fourth-order valence-electron chi connectivity index (χ4n) is 3.54. The van der Waals surface area contributed by atoms with Gasteiger partial charge >= 0.3 is 0 Å². The molecule has 0 bridgehead atoms. The molecule has 0 unspecified atom stereocenters. The van der Waals surface area contributed by atoms with Gasteiger partial charge in [0.1, 0.15) is 9.77 Å². The maximum atomic E-state index is 12.9. The van der Waals surface area contributed by atoms with Crippen LogP contribution in [0.2, 0.25) is 0 Å². The number of thiophene rings is 1. The zero-order chi connectivity index (χ0) is 22.7. The zero-order valence-corrected chi connectivity index (χ0v) is 19.0. The normalized spacial score (nSPS) is 14.8. The van der Waals surface area contributed by atoms with Gasteiger partial charge in [0.05, 0.1) is 6.26 Å². The van der Waals surface area contributed by atoms with Crippen molar-refractivity contribution in [3.63, 3.8) is 0 Å². The number of rotatable bonds is 6. The Balaban J connectivity index is 1.38. The second-order valence-electron chi connectivity index (χ2n) is 7.60. The molecule has 1 aliphatic heterocycles. The minimum Gasteiger partial charge on any atom is -0.459 e. The number of hydrogen-bond donors (Lipinski definition) is 2. The third kappa shape index (κ3) is 4.86. The van der Waals surface area contributed by atoms with Gasteiger partial charge in [0.25, 0.3) is 21.8 Å². The molecule has 3 aromatic rings. The lowest BCUT2D eigenvalue weighted by molar-refractivity contribution is 0.0667. The van der Waals surface area contributed by atoms with E-state index in [0.717, 1.165) is 16.9 Å². The number of carbonyl (C=O) groups is 2. The monoisotopic (exact) mass is 473 g/mol. The van der Waals surface area contributed by atoms with E-state index in [2.05, 4.69) is 10.0 Å². The Labute approximate surface area is 190 Å². The third-order valence-corrected chi connectivity index (χ3v) is 7.74. The molecule has 2 N–H and O–H groups in total. The molecule has 1 aromatic carbocycles. The molecule has 8 nitrogen and oxygen atoms in total. The Hall–Kier alpha value is -3.11. The molecule has 4 rings (SSSR count). The van der Waals surface area contributed by atoms with Gasteiger partial charge in [0.2, 0.25) is 0 Å². The quantitative estimate of drug-likeness (QED) is 0.570. The minimum absolute atomic E-state index is 0.0500. The maximum absolute atomic E-state index is 12.9. The Bertz CT molecular complexity index is 1190. The summed E-state index contributed by atoms with van der Waals surface area (Å²) in [5.74, 6) is -0.310. The molecule has 1 fully saturated rings. The zero-order valence-electron chi connectivity index (χ0n) is 17.4. The van der Waals surface area contributed by atoms with Crippen molar-refractivity contribution < 1.29 is 22.4 Å². The van der Waals surface area contributed by atoms with Crippen LogP contribution in [-0.4, -0.2) is 44.3 Å². The van der Waals surface area contributed by atoms with E-state index in [1.54, 1.807) is 34.5 Å². The van der Waals surface area contributed by atoms with Crippen molar-refractivity contribution in [3.05, 3.63) is 70.3 Å². The summed E-state index contributed by atoms with van der Waals surface area (Å²) in [7, 11) is -3.91. The Morgan fingerprint density at radius 3 is 2.47 bits per heavy atom. The van der Waals surface area contributed by atoms with E-state index >= 15 is 0 Å². The number of piperidine rings is 1. The number of amides is 2. The largest absolute Gasteiger partial charge is 0.459 e. The number of benzene rings is 1. The first kappa shape index (κ1) is 22.1. The van der Waals surface area contributed by atoms with Crippen molar-refractivity contribution in [2.24, 2.45) is 0 Å². The molecular weight excluding hydrogens is 450 g/mol. The predicted octanol–water partition coefficient (Wildman–Crippen LogP) is 3.48. The fourth-order valence-corrected chi connectivity index (χ4v) is 5.93. The van der Waals surface area contributed by atoms with Gasteiger partial charge in [-0.3, -0.25) is 14.3 Å². The molecule has 2 aromatic heterocycles. The second-order valence-corrected chi connectivity index (χ2v) is 10.2. The highest BCUT2D eigenvalue weighted by atomic mass is 32.2. The van der Waals surface area contributed by atoms with Gasteiger partial charge in [-0.05, 0) is 55.5 Å². The van der Waals surface area contributed by atoms with Crippen LogP contribution in [0.25, 0.3) is 0 Å². The van der Waals surface area contributed by atoms with Crippen LogP contribution in [0.3, 0.4) is 0 Å². The molecule has 2 amide bonds. The van der Waals surface area contributed by atoms with Gasteiger partial charge in [0.15, 0.2) is 5.76 Å². The summed E-state index contributed by atoms with van der Waals surface area (Å²) < 4.78 is 33.4. The molecule has 1 aliphatic rings. The first-order valence-corrected chi connectivity index (χ1v) is 12.5. The Morgan fingerprint density at radius 1 is 1.09 bits per heavy atom. The molecule has 32 heavy (non-hydrogen) atoms. The van der Waals surface area contributed by atoms with E-state index < -0.39 is 15.9 Å². The van der Waals surface area contributed by atoms with Crippen LogP contribution in [-0.2, 0) is 10.0 Å². The summed E-state index contributed by atoms with van der Waals surface area (Å²) in [6.07, 6.45) is 2.61. The minimum atomic E-state index is -3.91. The average molecular weight is 474 g/mol. The van der Waals surface area contributed by atoms with Gasteiger partial charge < -0.3 is 14.6 Å².